The summed E-state index contributed by atoms with van der Waals surface area (Å²) >= 11 is 0. The lowest BCUT2D eigenvalue weighted by Crippen LogP contribution is -2.64. The van der Waals surface area contributed by atoms with Crippen LogP contribution in [0.1, 0.15) is 89.0 Å². The van der Waals surface area contributed by atoms with Crippen molar-refractivity contribution in [2.45, 2.75) is 126 Å². The third-order valence-electron chi connectivity index (χ3n) is 16.3. The molecule has 1 aromatic rings. The van der Waals surface area contributed by atoms with Gasteiger partial charge in [-0.05, 0) is 92.6 Å². The molecular formula is C42H54NO10+. The van der Waals surface area contributed by atoms with Crippen molar-refractivity contribution in [2.75, 3.05) is 26.8 Å². The van der Waals surface area contributed by atoms with Crippen LogP contribution in [0.15, 0.2) is 42.0 Å². The van der Waals surface area contributed by atoms with Crippen molar-refractivity contribution < 1.29 is 52.8 Å². The molecule has 4 heterocycles. The average molecular weight is 733 g/mol. The minimum Gasteiger partial charge on any atom is -0.461 e. The number of aliphatic hydroxyl groups is 2. The lowest BCUT2D eigenvalue weighted by Gasteiger charge is -2.63. The van der Waals surface area contributed by atoms with E-state index >= 15 is 0 Å². The number of morpholine rings is 1. The van der Waals surface area contributed by atoms with Crippen molar-refractivity contribution in [1.29, 1.82) is 0 Å². The molecule has 13 unspecified atom stereocenters. The largest absolute Gasteiger partial charge is 0.461 e. The van der Waals surface area contributed by atoms with Crippen LogP contribution in [0, 0.1) is 34.5 Å². The van der Waals surface area contributed by atoms with E-state index in [9.17, 15) is 29.4 Å². The predicted molar refractivity (Wildman–Crippen MR) is 189 cm³/mol. The summed E-state index contributed by atoms with van der Waals surface area (Å²) in [6.07, 6.45) is 10.3. The number of epoxide rings is 1. The molecule has 11 heteroatoms. The van der Waals surface area contributed by atoms with Crippen LogP contribution < -0.4 is 0 Å². The number of hydrogen-bond donors (Lipinski definition) is 2. The fraction of sp³-hybridized carbons (Fsp3) is 0.714. The van der Waals surface area contributed by atoms with Crippen LogP contribution >= 0.6 is 0 Å². The molecule has 0 amide bonds. The third-order valence-corrected chi connectivity index (χ3v) is 16.3. The molecule has 286 valence electrons. The van der Waals surface area contributed by atoms with Gasteiger partial charge in [0, 0.05) is 29.7 Å². The number of benzene rings is 1. The molecule has 53 heavy (non-hydrogen) atoms. The molecule has 2 bridgehead atoms. The molecule has 1 aromatic carbocycles. The molecule has 7 fully saturated rings. The van der Waals surface area contributed by atoms with Gasteiger partial charge in [0.15, 0.2) is 6.54 Å². The van der Waals surface area contributed by atoms with Gasteiger partial charge in [-0.25, -0.2) is 9.59 Å². The molecule has 3 saturated heterocycles. The molecule has 0 spiro atoms. The Balaban J connectivity index is 0.830. The van der Waals surface area contributed by atoms with Crippen LogP contribution in [0.25, 0.3) is 0 Å². The second kappa shape index (κ2) is 12.7. The Kier molecular flexibility index (Phi) is 8.53. The van der Waals surface area contributed by atoms with Crippen molar-refractivity contribution in [3.8, 4) is 0 Å². The first-order valence-electron chi connectivity index (χ1n) is 20.1. The number of ether oxygens (including phenoxy) is 4. The first-order chi connectivity index (χ1) is 25.4. The van der Waals surface area contributed by atoms with Gasteiger partial charge < -0.3 is 38.4 Å². The molecule has 4 aliphatic carbocycles. The van der Waals surface area contributed by atoms with E-state index in [1.54, 1.807) is 6.08 Å². The lowest BCUT2D eigenvalue weighted by atomic mass is 9.43. The summed E-state index contributed by atoms with van der Waals surface area (Å²) in [4.78, 5) is 52.0. The van der Waals surface area contributed by atoms with Gasteiger partial charge in [0.1, 0.15) is 55.3 Å². The molecule has 13 atom stereocenters. The number of fused-ring (bicyclic) bond motifs is 10. The van der Waals surface area contributed by atoms with Crippen LogP contribution in [-0.2, 0) is 38.1 Å². The van der Waals surface area contributed by atoms with Crippen molar-refractivity contribution in [1.82, 2.24) is 0 Å². The Morgan fingerprint density at radius 2 is 1.72 bits per heavy atom. The van der Waals surface area contributed by atoms with Crippen LogP contribution in [0.5, 0.6) is 0 Å². The second-order valence-electron chi connectivity index (χ2n) is 18.3. The fourth-order valence-corrected chi connectivity index (χ4v) is 13.5. The highest BCUT2D eigenvalue weighted by Crippen LogP contribution is 2.69. The summed E-state index contributed by atoms with van der Waals surface area (Å²) in [5.74, 6) is -1.36. The molecular weight excluding hydrogens is 678 g/mol. The number of piperidine rings is 1. The van der Waals surface area contributed by atoms with Gasteiger partial charge in [0.05, 0.1) is 19.3 Å². The Morgan fingerprint density at radius 1 is 0.962 bits per heavy atom. The van der Waals surface area contributed by atoms with Gasteiger partial charge in [0.25, 0.3) is 0 Å². The summed E-state index contributed by atoms with van der Waals surface area (Å²) in [6.45, 7) is 2.41. The monoisotopic (exact) mass is 732 g/mol. The first-order valence-corrected chi connectivity index (χ1v) is 20.1. The highest BCUT2D eigenvalue weighted by atomic mass is 16.6. The van der Waals surface area contributed by atoms with Gasteiger partial charge in [-0.3, -0.25) is 4.79 Å². The van der Waals surface area contributed by atoms with Crippen molar-refractivity contribution in [3.63, 3.8) is 0 Å². The van der Waals surface area contributed by atoms with E-state index in [-0.39, 0.29) is 90.7 Å². The molecule has 2 N–H and O–H groups in total. The van der Waals surface area contributed by atoms with Gasteiger partial charge in [-0.1, -0.05) is 37.3 Å². The number of carbonyl (C=O) groups excluding carboxylic acids is 4. The molecule has 0 aromatic heterocycles. The van der Waals surface area contributed by atoms with Crippen LogP contribution in [0.3, 0.4) is 0 Å². The number of esters is 3. The smallest absolute Gasteiger partial charge is 0.362 e. The zero-order chi connectivity index (χ0) is 36.9. The highest BCUT2D eigenvalue weighted by molar-refractivity contribution is 5.85. The number of aliphatic hydroxyl groups excluding tert-OH is 1. The number of nitrogens with zero attached hydrogens (tertiary/aromatic N) is 1. The Hall–Kier alpha value is -3.12. The zero-order valence-corrected chi connectivity index (χ0v) is 30.9. The predicted octanol–water partition coefficient (Wildman–Crippen LogP) is 3.78. The topological polar surface area (TPSA) is 149 Å². The molecule has 11 nitrogen and oxygen atoms in total. The number of rotatable bonds is 9. The zero-order valence-electron chi connectivity index (χ0n) is 30.9. The van der Waals surface area contributed by atoms with Crippen molar-refractivity contribution in [3.05, 3.63) is 47.5 Å². The van der Waals surface area contributed by atoms with E-state index in [2.05, 4.69) is 14.0 Å². The Morgan fingerprint density at radius 3 is 2.40 bits per heavy atom. The average Bonchev–Trinajstić information content (AvgIpc) is 3.69. The standard InChI is InChI=1S/C42H54NO10/c1-40-13-11-31-32(42(40,49)15-12-30(40)25-16-35(46)50-22-25)9-8-26-17-27(10-14-41(26,31)23-45)51-36(47)20-43(2)33-18-28(19-34(43)38-37(33)53-38)52-39(48)29(21-44)24-6-4-3-5-7-24/h3-7,16,23,26-34,37-38,44,49H,8-15,17-22H2,1-2H3/q+1. The minimum atomic E-state index is -0.895. The first kappa shape index (κ1) is 35.6. The van der Waals surface area contributed by atoms with Crippen LogP contribution in [0.4, 0.5) is 0 Å². The van der Waals surface area contributed by atoms with Gasteiger partial charge in [-0.15, -0.1) is 0 Å². The van der Waals surface area contributed by atoms with Crippen LogP contribution in [-0.4, -0.2) is 108 Å². The number of carbonyl (C=O) groups is 4. The van der Waals surface area contributed by atoms with Gasteiger partial charge >= 0.3 is 17.9 Å². The second-order valence-corrected chi connectivity index (χ2v) is 18.3. The number of likely N-dealkylation sites (N-methyl/N-ethyl adjacent to an activating group) is 1. The SMILES string of the molecule is CC12CCC3C(CCC4CC(OC(=O)C[N+]5(C)C6CC(OC(=O)C(CO)c7ccccc7)CC5C5OC56)CCC43C=O)C1(O)CCC2C1=CC(=O)OC1. The Bertz CT molecular complexity index is 1680. The van der Waals surface area contributed by atoms with Gasteiger partial charge in [0.2, 0.25) is 0 Å². The van der Waals surface area contributed by atoms with E-state index in [0.29, 0.717) is 49.6 Å². The van der Waals surface area contributed by atoms with E-state index < -0.39 is 22.9 Å². The lowest BCUT2D eigenvalue weighted by molar-refractivity contribution is -0.949. The van der Waals surface area contributed by atoms with E-state index in [0.717, 1.165) is 43.2 Å². The molecule has 8 aliphatic rings. The minimum absolute atomic E-state index is 0.00805. The number of hydrogen-bond acceptors (Lipinski definition) is 10. The molecule has 0 radical (unpaired) electrons. The maximum Gasteiger partial charge on any atom is 0.362 e. The van der Waals surface area contributed by atoms with Crippen LogP contribution in [0.2, 0.25) is 0 Å². The maximum absolute atomic E-state index is 13.7. The van der Waals surface area contributed by atoms with E-state index in [1.807, 2.05) is 30.3 Å². The summed E-state index contributed by atoms with van der Waals surface area (Å²) in [5.41, 5.74) is -0.0540. The highest BCUT2D eigenvalue weighted by Gasteiger charge is 2.73. The maximum atomic E-state index is 13.7. The summed E-state index contributed by atoms with van der Waals surface area (Å²) < 4.78 is 24.1. The molecule has 4 aliphatic heterocycles. The number of quaternary nitrogens is 1. The quantitative estimate of drug-likeness (QED) is 0.126. The number of cyclic esters (lactones) is 1. The Labute approximate surface area is 310 Å². The van der Waals surface area contributed by atoms with E-state index in [1.165, 1.54) is 6.29 Å². The molecule has 4 saturated carbocycles. The van der Waals surface area contributed by atoms with E-state index in [4.69, 9.17) is 18.9 Å². The molecule has 9 rings (SSSR count). The third kappa shape index (κ3) is 5.34. The number of aldehydes is 1. The van der Waals surface area contributed by atoms with Gasteiger partial charge in [-0.2, -0.15) is 0 Å². The summed E-state index contributed by atoms with van der Waals surface area (Å²) in [6, 6.07) is 9.21. The van der Waals surface area contributed by atoms with Crippen molar-refractivity contribution >= 4 is 24.2 Å². The summed E-state index contributed by atoms with van der Waals surface area (Å²) in [7, 11) is 2.10. The fourth-order valence-electron chi connectivity index (χ4n) is 13.5. The summed E-state index contributed by atoms with van der Waals surface area (Å²) in [5, 5.41) is 22.5. The van der Waals surface area contributed by atoms with Crippen molar-refractivity contribution in [2.24, 2.45) is 34.5 Å². The normalized spacial score (nSPS) is 46.8.